The highest BCUT2D eigenvalue weighted by molar-refractivity contribution is 5.93. The molecule has 0 aromatic carbocycles. The van der Waals surface area contributed by atoms with Crippen LogP contribution in [0.15, 0.2) is 12.2 Å². The average molecular weight is 413 g/mol. The van der Waals surface area contributed by atoms with Crippen molar-refractivity contribution in [2.24, 2.45) is 17.8 Å². The van der Waals surface area contributed by atoms with Gasteiger partial charge >= 0.3 is 0 Å². The van der Waals surface area contributed by atoms with Gasteiger partial charge in [0.25, 0.3) is 0 Å². The maximum Gasteiger partial charge on any atom is 0.230 e. The number of aromatic amines is 1. The topological polar surface area (TPSA) is 78.5 Å². The first-order chi connectivity index (χ1) is 14.5. The van der Waals surface area contributed by atoms with Crippen LogP contribution in [0, 0.1) is 17.8 Å². The van der Waals surface area contributed by atoms with E-state index in [2.05, 4.69) is 37.0 Å². The number of ether oxygens (including phenoxy) is 1. The molecule has 0 aliphatic carbocycles. The van der Waals surface area contributed by atoms with Crippen LogP contribution in [-0.4, -0.2) is 63.2 Å². The molecule has 7 heteroatoms. The Kier molecular flexibility index (Phi) is 4.76. The highest BCUT2D eigenvalue weighted by Gasteiger charge is 2.67. The van der Waals surface area contributed by atoms with Gasteiger partial charge in [-0.25, -0.2) is 0 Å². The Morgan fingerprint density at radius 1 is 1.37 bits per heavy atom. The molecule has 4 atom stereocenters. The second-order valence-corrected chi connectivity index (χ2v) is 9.29. The Labute approximate surface area is 177 Å². The van der Waals surface area contributed by atoms with Gasteiger partial charge in [-0.3, -0.25) is 14.7 Å². The molecule has 0 unspecified atom stereocenters. The van der Waals surface area contributed by atoms with Crippen LogP contribution in [0.3, 0.4) is 0 Å². The Morgan fingerprint density at radius 2 is 2.17 bits per heavy atom. The van der Waals surface area contributed by atoms with Crippen molar-refractivity contribution in [3.05, 3.63) is 29.1 Å². The lowest BCUT2D eigenvalue weighted by atomic mass is 9.76. The van der Waals surface area contributed by atoms with Crippen molar-refractivity contribution in [1.29, 1.82) is 0 Å². The Balaban J connectivity index is 1.37. The maximum atomic E-state index is 13.7. The largest absolute Gasteiger partial charge is 0.360 e. The van der Waals surface area contributed by atoms with E-state index in [1.807, 2.05) is 15.9 Å². The average Bonchev–Trinajstić information content (AvgIpc) is 3.50. The number of nitrogens with zero attached hydrogens (tertiary/aromatic N) is 3. The molecule has 1 aromatic heterocycles. The number of aryl methyl sites for hydroxylation is 1. The fourth-order valence-corrected chi connectivity index (χ4v) is 5.92. The van der Waals surface area contributed by atoms with Crippen LogP contribution < -0.4 is 0 Å². The molecule has 2 amide bonds. The van der Waals surface area contributed by atoms with Gasteiger partial charge in [0, 0.05) is 37.3 Å². The summed E-state index contributed by atoms with van der Waals surface area (Å²) in [4.78, 5) is 31.0. The molecule has 2 fully saturated rings. The summed E-state index contributed by atoms with van der Waals surface area (Å²) < 4.78 is 6.32. The van der Waals surface area contributed by atoms with Gasteiger partial charge in [-0.05, 0) is 12.3 Å². The number of carbonyl (C=O) groups is 2. The number of H-pyrrole nitrogens is 1. The number of amides is 2. The minimum Gasteiger partial charge on any atom is -0.360 e. The third-order valence-electron chi connectivity index (χ3n) is 7.76. The number of hydrogen-bond acceptors (Lipinski definition) is 4. The summed E-state index contributed by atoms with van der Waals surface area (Å²) in [5, 5.41) is 7.53. The van der Waals surface area contributed by atoms with E-state index in [0.717, 1.165) is 49.2 Å². The minimum absolute atomic E-state index is 0.0582. The van der Waals surface area contributed by atoms with E-state index in [-0.39, 0.29) is 23.8 Å². The molecule has 2 bridgehead atoms. The number of fused-ring (bicyclic) bond motifs is 2. The fourth-order valence-electron chi connectivity index (χ4n) is 5.92. The number of carbonyl (C=O) groups excluding carboxylic acids is 2. The molecule has 1 N–H and O–H groups in total. The highest BCUT2D eigenvalue weighted by Crippen LogP contribution is 2.52. The van der Waals surface area contributed by atoms with Crippen LogP contribution in [0.1, 0.15) is 50.6 Å². The van der Waals surface area contributed by atoms with Gasteiger partial charge in [-0.15, -0.1) is 0 Å². The van der Waals surface area contributed by atoms with Crippen molar-refractivity contribution >= 4 is 11.8 Å². The van der Waals surface area contributed by atoms with E-state index in [4.69, 9.17) is 4.74 Å². The molecule has 7 nitrogen and oxygen atoms in total. The van der Waals surface area contributed by atoms with Crippen molar-refractivity contribution < 1.29 is 14.3 Å². The quantitative estimate of drug-likeness (QED) is 0.726. The number of aromatic nitrogens is 2. The second kappa shape index (κ2) is 7.22. The van der Waals surface area contributed by atoms with Gasteiger partial charge < -0.3 is 14.5 Å². The molecule has 1 spiro atoms. The van der Waals surface area contributed by atoms with Crippen LogP contribution in [0.4, 0.5) is 0 Å². The van der Waals surface area contributed by atoms with E-state index < -0.39 is 11.5 Å². The number of likely N-dealkylation sites (tertiary alicyclic amines) is 1. The molecule has 30 heavy (non-hydrogen) atoms. The summed E-state index contributed by atoms with van der Waals surface area (Å²) in [5.41, 5.74) is 2.72. The zero-order chi connectivity index (χ0) is 21.0. The van der Waals surface area contributed by atoms with E-state index in [1.165, 1.54) is 0 Å². The summed E-state index contributed by atoms with van der Waals surface area (Å²) in [6, 6.07) is 0. The van der Waals surface area contributed by atoms with Crippen LogP contribution in [0.5, 0.6) is 0 Å². The van der Waals surface area contributed by atoms with Gasteiger partial charge in [-0.1, -0.05) is 45.8 Å². The SMILES string of the molecule is CCc1n[nH]c2c1CN(C(=O)[C@H]1[C@@H]3C=C[C@@]4(CN(CC(CC)CC)C(=O)[C@H]14)O3)CC2. The van der Waals surface area contributed by atoms with Gasteiger partial charge in [0.15, 0.2) is 0 Å². The Morgan fingerprint density at radius 3 is 2.90 bits per heavy atom. The van der Waals surface area contributed by atoms with Crippen LogP contribution >= 0.6 is 0 Å². The van der Waals surface area contributed by atoms with E-state index >= 15 is 0 Å². The van der Waals surface area contributed by atoms with Gasteiger partial charge in [0.2, 0.25) is 11.8 Å². The lowest BCUT2D eigenvalue weighted by molar-refractivity contribution is -0.144. The van der Waals surface area contributed by atoms with E-state index in [9.17, 15) is 9.59 Å². The van der Waals surface area contributed by atoms with Crippen LogP contribution in [0.25, 0.3) is 0 Å². The summed E-state index contributed by atoms with van der Waals surface area (Å²) in [6.45, 7) is 9.01. The molecule has 5 rings (SSSR count). The van der Waals surface area contributed by atoms with E-state index in [0.29, 0.717) is 25.6 Å². The molecular weight excluding hydrogens is 380 g/mol. The standard InChI is InChI=1S/C23H32N4O3/c1-4-14(5-2)11-27-13-23-9-7-18(30-23)19(20(23)22(27)29)21(28)26-10-8-17-15(12-26)16(6-3)24-25-17/h7,9,14,18-20H,4-6,8,10-13H2,1-3H3,(H,24,25)/t18-,19-,20-,23-/m0/s1. The predicted molar refractivity (Wildman–Crippen MR) is 111 cm³/mol. The third-order valence-corrected chi connectivity index (χ3v) is 7.76. The molecular formula is C23H32N4O3. The zero-order valence-electron chi connectivity index (χ0n) is 18.2. The molecule has 1 aromatic rings. The van der Waals surface area contributed by atoms with Gasteiger partial charge in [-0.2, -0.15) is 5.10 Å². The molecule has 4 aliphatic rings. The van der Waals surface area contributed by atoms with Gasteiger partial charge in [0.05, 0.1) is 30.2 Å². The number of rotatable bonds is 6. The first-order valence-corrected chi connectivity index (χ1v) is 11.5. The summed E-state index contributed by atoms with van der Waals surface area (Å²) in [5.74, 6) is -0.141. The van der Waals surface area contributed by atoms with E-state index in [1.54, 1.807) is 0 Å². The van der Waals surface area contributed by atoms with Crippen molar-refractivity contribution in [3.8, 4) is 0 Å². The first-order valence-electron chi connectivity index (χ1n) is 11.5. The molecule has 0 saturated carbocycles. The summed E-state index contributed by atoms with van der Waals surface area (Å²) >= 11 is 0. The van der Waals surface area contributed by atoms with Crippen molar-refractivity contribution in [3.63, 3.8) is 0 Å². The molecule has 4 aliphatic heterocycles. The Bertz CT molecular complexity index is 876. The fraction of sp³-hybridized carbons (Fsp3) is 0.696. The van der Waals surface area contributed by atoms with Crippen molar-refractivity contribution in [2.75, 3.05) is 19.6 Å². The molecule has 162 valence electrons. The number of hydrogen-bond donors (Lipinski definition) is 1. The third kappa shape index (κ3) is 2.77. The molecule has 0 radical (unpaired) electrons. The lowest BCUT2D eigenvalue weighted by Gasteiger charge is -2.32. The summed E-state index contributed by atoms with van der Waals surface area (Å²) in [6.07, 6.45) is 7.53. The minimum atomic E-state index is -0.612. The molecule has 5 heterocycles. The zero-order valence-corrected chi connectivity index (χ0v) is 18.2. The summed E-state index contributed by atoms with van der Waals surface area (Å²) in [7, 11) is 0. The van der Waals surface area contributed by atoms with Crippen molar-refractivity contribution in [1.82, 2.24) is 20.0 Å². The lowest BCUT2D eigenvalue weighted by Crippen LogP contribution is -2.47. The Hall–Kier alpha value is -2.15. The monoisotopic (exact) mass is 412 g/mol. The number of nitrogens with one attached hydrogen (secondary N) is 1. The second-order valence-electron chi connectivity index (χ2n) is 9.29. The van der Waals surface area contributed by atoms with Gasteiger partial charge in [0.1, 0.15) is 5.60 Å². The normalized spacial score (nSPS) is 31.7. The van der Waals surface area contributed by atoms with Crippen LogP contribution in [0.2, 0.25) is 0 Å². The smallest absolute Gasteiger partial charge is 0.230 e. The van der Waals surface area contributed by atoms with Crippen molar-refractivity contribution in [2.45, 2.75) is 64.7 Å². The maximum absolute atomic E-state index is 13.7. The van der Waals surface area contributed by atoms with Crippen LogP contribution in [-0.2, 0) is 33.7 Å². The predicted octanol–water partition coefficient (Wildman–Crippen LogP) is 2.07. The molecule has 2 saturated heterocycles. The highest BCUT2D eigenvalue weighted by atomic mass is 16.5. The first kappa shape index (κ1) is 19.8.